The van der Waals surface area contributed by atoms with Crippen molar-refractivity contribution in [3.63, 3.8) is 0 Å². The van der Waals surface area contributed by atoms with Crippen LogP contribution in [0, 0.1) is 0 Å². The molecule has 2 atom stereocenters. The first-order valence-electron chi connectivity index (χ1n) is 5.83. The highest BCUT2D eigenvalue weighted by molar-refractivity contribution is 8.77. The van der Waals surface area contributed by atoms with Gasteiger partial charge in [0.05, 0.1) is 6.26 Å². The number of amides is 1. The number of allylic oxidation sites excluding steroid dienone is 1. The van der Waals surface area contributed by atoms with Gasteiger partial charge in [-0.15, -0.1) is 0 Å². The summed E-state index contributed by atoms with van der Waals surface area (Å²) in [6.07, 6.45) is 3.30. The number of hydrogen-bond donors (Lipinski definition) is 0. The number of nitrogens with zero attached hydrogens (tertiary/aromatic N) is 2. The van der Waals surface area contributed by atoms with Crippen LogP contribution in [0.2, 0.25) is 0 Å². The Morgan fingerprint density at radius 1 is 1.47 bits per heavy atom. The van der Waals surface area contributed by atoms with Gasteiger partial charge in [-0.25, -0.2) is 0 Å². The molecule has 0 aliphatic carbocycles. The molecule has 3 fully saturated rings. The summed E-state index contributed by atoms with van der Waals surface area (Å²) in [5.74, 6) is -0.0396. The maximum atomic E-state index is 12.5. The van der Waals surface area contributed by atoms with E-state index in [9.17, 15) is 4.79 Å². The van der Waals surface area contributed by atoms with Crippen LogP contribution in [0.4, 0.5) is 0 Å². The van der Waals surface area contributed by atoms with Crippen LogP contribution in [0.1, 0.15) is 13.8 Å². The Morgan fingerprint density at radius 2 is 2.21 bits per heavy atom. The summed E-state index contributed by atoms with van der Waals surface area (Å²) in [7, 11) is 6.37. The van der Waals surface area contributed by atoms with E-state index >= 15 is 0 Å². The molecule has 1 amide bonds. The average Bonchev–Trinajstić information content (AvgIpc) is 2.57. The first-order valence-corrected chi connectivity index (χ1v) is 7.98. The summed E-state index contributed by atoms with van der Waals surface area (Å²) >= 11 is 0. The van der Waals surface area contributed by atoms with Gasteiger partial charge >= 0.3 is 5.24 Å². The van der Waals surface area contributed by atoms with E-state index in [1.807, 2.05) is 25.8 Å². The van der Waals surface area contributed by atoms with E-state index in [2.05, 4.69) is 0 Å². The molecule has 0 spiro atoms. The zero-order chi connectivity index (χ0) is 14.1. The fourth-order valence-corrected chi connectivity index (χ4v) is 4.79. The normalized spacial score (nSPS) is 36.0. The first-order chi connectivity index (χ1) is 8.96. The molecule has 1 unspecified atom stereocenters. The van der Waals surface area contributed by atoms with E-state index in [0.717, 1.165) is 0 Å². The van der Waals surface area contributed by atoms with Crippen molar-refractivity contribution in [1.82, 2.24) is 9.80 Å². The minimum absolute atomic E-state index is 0.0238. The topological polar surface area (TPSA) is 51.2 Å². The Morgan fingerprint density at radius 3 is 2.89 bits per heavy atom. The average molecular weight is 306 g/mol. The van der Waals surface area contributed by atoms with Crippen molar-refractivity contribution in [1.29, 1.82) is 0 Å². The lowest BCUT2D eigenvalue weighted by Gasteiger charge is -2.44. The quantitative estimate of drug-likeness (QED) is 0.338. The van der Waals surface area contributed by atoms with Crippen molar-refractivity contribution >= 4 is 27.5 Å². The number of carbonyl (C=O) groups excluding carboxylic acids is 1. The van der Waals surface area contributed by atoms with Gasteiger partial charge < -0.3 is 9.47 Å². The number of likely N-dealkylation sites (N-methyl/N-ethyl adjacent to an activating group) is 2. The summed E-state index contributed by atoms with van der Waals surface area (Å²) in [6.45, 7) is 4.08. The summed E-state index contributed by atoms with van der Waals surface area (Å²) in [4.78, 5) is 15.2. The molecule has 3 saturated heterocycles. The van der Waals surface area contributed by atoms with Crippen molar-refractivity contribution in [2.24, 2.45) is 0 Å². The number of carbonyl (C=O) groups is 1. The molecular formula is C11H18N2O4S2. The van der Waals surface area contributed by atoms with E-state index in [0.29, 0.717) is 6.73 Å². The maximum absolute atomic E-state index is 12.5. The van der Waals surface area contributed by atoms with E-state index in [4.69, 9.17) is 14.2 Å². The molecule has 108 valence electrons. The lowest BCUT2D eigenvalue weighted by Crippen LogP contribution is -2.59. The van der Waals surface area contributed by atoms with Gasteiger partial charge in [0.1, 0.15) is 6.73 Å². The fraction of sp³-hybridized carbons (Fsp3) is 0.727. The van der Waals surface area contributed by atoms with Gasteiger partial charge in [0, 0.05) is 7.05 Å². The molecule has 0 aromatic carbocycles. The second-order valence-electron chi connectivity index (χ2n) is 4.41. The van der Waals surface area contributed by atoms with Gasteiger partial charge in [0.25, 0.3) is 5.91 Å². The summed E-state index contributed by atoms with van der Waals surface area (Å²) < 4.78 is 16.6. The summed E-state index contributed by atoms with van der Waals surface area (Å²) in [6, 6.07) is 0. The van der Waals surface area contributed by atoms with Crippen LogP contribution >= 0.6 is 21.6 Å². The van der Waals surface area contributed by atoms with E-state index < -0.39 is 10.1 Å². The second-order valence-corrected chi connectivity index (χ2v) is 7.05. The molecular weight excluding hydrogens is 288 g/mol. The Balaban J connectivity index is 2.15. The highest BCUT2D eigenvalue weighted by Crippen LogP contribution is 2.55. The molecule has 0 aromatic rings. The van der Waals surface area contributed by atoms with Gasteiger partial charge in [0.15, 0.2) is 11.7 Å². The third-order valence-electron chi connectivity index (χ3n) is 3.13. The third kappa shape index (κ3) is 2.47. The van der Waals surface area contributed by atoms with Crippen LogP contribution in [0.25, 0.3) is 0 Å². The number of rotatable bonds is 4. The molecule has 19 heavy (non-hydrogen) atoms. The molecule has 3 heterocycles. The van der Waals surface area contributed by atoms with E-state index in [-0.39, 0.29) is 12.7 Å². The Hall–Kier alpha value is -0.410. The van der Waals surface area contributed by atoms with Crippen LogP contribution in [0.5, 0.6) is 0 Å². The molecule has 0 radical (unpaired) electrons. The van der Waals surface area contributed by atoms with E-state index in [1.54, 1.807) is 13.1 Å². The Labute approximate surface area is 120 Å². The van der Waals surface area contributed by atoms with Gasteiger partial charge in [0.2, 0.25) is 0 Å². The zero-order valence-corrected chi connectivity index (χ0v) is 13.0. The fourth-order valence-electron chi connectivity index (χ4n) is 1.72. The summed E-state index contributed by atoms with van der Waals surface area (Å²) in [5.41, 5.74) is 0. The molecule has 3 aliphatic heterocycles. The van der Waals surface area contributed by atoms with Crippen LogP contribution in [-0.2, 0) is 19.0 Å². The zero-order valence-electron chi connectivity index (χ0n) is 11.4. The smallest absolute Gasteiger partial charge is 0.321 e. The second kappa shape index (κ2) is 5.53. The largest absolute Gasteiger partial charge is 0.475 e. The molecule has 3 aliphatic rings. The Bertz CT molecular complexity index is 391. The lowest BCUT2D eigenvalue weighted by atomic mass is 10.2. The van der Waals surface area contributed by atoms with Gasteiger partial charge in [-0.2, -0.15) is 0 Å². The van der Waals surface area contributed by atoms with Gasteiger partial charge in [-0.1, -0.05) is 16.9 Å². The standard InChI is InChI=1S/C11H18N2O4S2/c1-5-6-15-8-17-11-13(4)9(14)10(2,18-19-11)12(3)7-16-11/h5-6H,7-8H2,1-4H3/b6-5+/t10-,11?/m0/s1. The van der Waals surface area contributed by atoms with Gasteiger partial charge in [-0.05, 0) is 31.7 Å². The van der Waals surface area contributed by atoms with Crippen LogP contribution in [-0.4, -0.2) is 53.4 Å². The molecule has 8 heteroatoms. The Kier molecular flexibility index (Phi) is 4.36. The highest BCUT2D eigenvalue weighted by atomic mass is 33.1. The number of fused-ring (bicyclic) bond motifs is 4. The van der Waals surface area contributed by atoms with Crippen molar-refractivity contribution in [3.8, 4) is 0 Å². The van der Waals surface area contributed by atoms with Crippen LogP contribution in [0.3, 0.4) is 0 Å². The van der Waals surface area contributed by atoms with Crippen LogP contribution in [0.15, 0.2) is 12.3 Å². The molecule has 0 saturated carbocycles. The SMILES string of the molecule is C/C=C/OCOC12OCN(C)[C@@](C)(SS1)C(=O)N2C. The van der Waals surface area contributed by atoms with Gasteiger partial charge in [-0.3, -0.25) is 19.3 Å². The molecule has 0 aromatic heterocycles. The lowest BCUT2D eigenvalue weighted by molar-refractivity contribution is -0.267. The third-order valence-corrected chi connectivity index (χ3v) is 6.60. The molecule has 3 rings (SSSR count). The maximum Gasteiger partial charge on any atom is 0.321 e. The first kappa shape index (κ1) is 15.0. The number of hydrogen-bond acceptors (Lipinski definition) is 7. The van der Waals surface area contributed by atoms with Crippen molar-refractivity contribution in [2.75, 3.05) is 27.6 Å². The van der Waals surface area contributed by atoms with Crippen LogP contribution < -0.4 is 0 Å². The predicted octanol–water partition coefficient (Wildman–Crippen LogP) is 1.61. The van der Waals surface area contributed by atoms with Crippen molar-refractivity contribution in [2.45, 2.75) is 24.0 Å². The molecule has 2 bridgehead atoms. The molecule has 6 nitrogen and oxygen atoms in total. The van der Waals surface area contributed by atoms with Crippen molar-refractivity contribution < 1.29 is 19.0 Å². The van der Waals surface area contributed by atoms with E-state index in [1.165, 1.54) is 32.7 Å². The molecule has 0 N–H and O–H groups in total. The minimum Gasteiger partial charge on any atom is -0.475 e. The van der Waals surface area contributed by atoms with Crippen molar-refractivity contribution in [3.05, 3.63) is 12.3 Å². The summed E-state index contributed by atoms with van der Waals surface area (Å²) in [5, 5.41) is -1.13. The number of ether oxygens (including phenoxy) is 3. The predicted molar refractivity (Wildman–Crippen MR) is 74.7 cm³/mol. The monoisotopic (exact) mass is 306 g/mol. The highest BCUT2D eigenvalue weighted by Gasteiger charge is 2.59. The minimum atomic E-state index is -1.13.